The largest absolute Gasteiger partial charge is 0.360 e. The molecule has 0 saturated carbocycles. The third-order valence-electron chi connectivity index (χ3n) is 2.25. The SMILES string of the molecule is CCCCN(C)c1cc(NC#N)nc(C)n1. The second kappa shape index (κ2) is 5.91. The fourth-order valence-corrected chi connectivity index (χ4v) is 1.38. The van der Waals surface area contributed by atoms with E-state index in [2.05, 4.69) is 27.1 Å². The molecule has 5 heteroatoms. The van der Waals surface area contributed by atoms with Crippen LogP contribution in [0.3, 0.4) is 0 Å². The van der Waals surface area contributed by atoms with Gasteiger partial charge in [-0.15, -0.1) is 0 Å². The summed E-state index contributed by atoms with van der Waals surface area (Å²) in [7, 11) is 1.99. The molecule has 0 aromatic carbocycles. The van der Waals surface area contributed by atoms with Crippen LogP contribution in [0.25, 0.3) is 0 Å². The van der Waals surface area contributed by atoms with Crippen molar-refractivity contribution in [2.45, 2.75) is 26.7 Å². The van der Waals surface area contributed by atoms with Crippen molar-refractivity contribution >= 4 is 11.6 Å². The highest BCUT2D eigenvalue weighted by molar-refractivity contribution is 5.50. The molecule has 0 spiro atoms. The normalized spacial score (nSPS) is 9.62. The molecule has 0 aliphatic heterocycles. The van der Waals surface area contributed by atoms with Crippen molar-refractivity contribution in [1.82, 2.24) is 9.97 Å². The Morgan fingerprint density at radius 1 is 1.50 bits per heavy atom. The van der Waals surface area contributed by atoms with Crippen molar-refractivity contribution in [2.24, 2.45) is 0 Å². The van der Waals surface area contributed by atoms with E-state index in [-0.39, 0.29) is 0 Å². The highest BCUT2D eigenvalue weighted by Gasteiger charge is 2.05. The number of nitrogens with one attached hydrogen (secondary N) is 1. The van der Waals surface area contributed by atoms with Crippen LogP contribution in [0.5, 0.6) is 0 Å². The van der Waals surface area contributed by atoms with Crippen molar-refractivity contribution in [2.75, 3.05) is 23.8 Å². The average Bonchev–Trinajstić information content (AvgIpc) is 2.25. The molecule has 1 rings (SSSR count). The Bertz CT molecular complexity index is 382. The molecule has 1 N–H and O–H groups in total. The fourth-order valence-electron chi connectivity index (χ4n) is 1.38. The summed E-state index contributed by atoms with van der Waals surface area (Å²) in [6.45, 7) is 4.93. The van der Waals surface area contributed by atoms with Crippen LogP contribution in [0.1, 0.15) is 25.6 Å². The molecule has 1 aromatic rings. The van der Waals surface area contributed by atoms with Gasteiger partial charge in [0.2, 0.25) is 0 Å². The number of aryl methyl sites for hydroxylation is 1. The van der Waals surface area contributed by atoms with Gasteiger partial charge in [0.1, 0.15) is 17.5 Å². The molecular formula is C11H17N5. The zero-order chi connectivity index (χ0) is 12.0. The Kier molecular flexibility index (Phi) is 4.52. The minimum absolute atomic E-state index is 0.549. The molecule has 1 heterocycles. The number of hydrogen-bond acceptors (Lipinski definition) is 5. The van der Waals surface area contributed by atoms with Gasteiger partial charge in [0, 0.05) is 19.7 Å². The van der Waals surface area contributed by atoms with Crippen LogP contribution in [0.15, 0.2) is 6.07 Å². The van der Waals surface area contributed by atoms with E-state index in [0.717, 1.165) is 25.2 Å². The number of unbranched alkanes of at least 4 members (excludes halogenated alkanes) is 1. The number of aromatic nitrogens is 2. The van der Waals surface area contributed by atoms with Gasteiger partial charge in [0.25, 0.3) is 0 Å². The van der Waals surface area contributed by atoms with Crippen LogP contribution < -0.4 is 10.2 Å². The van der Waals surface area contributed by atoms with Gasteiger partial charge >= 0.3 is 0 Å². The third-order valence-corrected chi connectivity index (χ3v) is 2.25. The van der Waals surface area contributed by atoms with Crippen LogP contribution in [0.2, 0.25) is 0 Å². The minimum atomic E-state index is 0.549. The number of nitriles is 1. The first-order chi connectivity index (χ1) is 7.67. The third kappa shape index (κ3) is 3.39. The first-order valence-corrected chi connectivity index (χ1v) is 5.39. The second-order valence-electron chi connectivity index (χ2n) is 3.67. The molecule has 0 aliphatic carbocycles. The molecule has 0 bridgehead atoms. The van der Waals surface area contributed by atoms with E-state index in [1.54, 1.807) is 6.07 Å². The van der Waals surface area contributed by atoms with E-state index in [4.69, 9.17) is 5.26 Å². The Morgan fingerprint density at radius 2 is 2.25 bits per heavy atom. The van der Waals surface area contributed by atoms with Crippen molar-refractivity contribution in [3.63, 3.8) is 0 Å². The molecule has 0 amide bonds. The van der Waals surface area contributed by atoms with Crippen LogP contribution in [-0.4, -0.2) is 23.6 Å². The lowest BCUT2D eigenvalue weighted by Crippen LogP contribution is -2.20. The summed E-state index contributed by atoms with van der Waals surface area (Å²) in [4.78, 5) is 10.5. The Morgan fingerprint density at radius 3 is 2.88 bits per heavy atom. The smallest absolute Gasteiger partial charge is 0.182 e. The van der Waals surface area contributed by atoms with Gasteiger partial charge in [-0.3, -0.25) is 5.32 Å². The molecule has 0 radical (unpaired) electrons. The van der Waals surface area contributed by atoms with E-state index in [1.807, 2.05) is 20.2 Å². The summed E-state index contributed by atoms with van der Waals surface area (Å²) >= 11 is 0. The molecule has 0 atom stereocenters. The zero-order valence-electron chi connectivity index (χ0n) is 9.99. The first kappa shape index (κ1) is 12.2. The first-order valence-electron chi connectivity index (χ1n) is 5.39. The van der Waals surface area contributed by atoms with Crippen molar-refractivity contribution in [3.05, 3.63) is 11.9 Å². The molecule has 0 fully saturated rings. The monoisotopic (exact) mass is 219 g/mol. The highest BCUT2D eigenvalue weighted by atomic mass is 15.2. The van der Waals surface area contributed by atoms with Gasteiger partial charge in [-0.1, -0.05) is 13.3 Å². The maximum atomic E-state index is 8.55. The molecule has 16 heavy (non-hydrogen) atoms. The summed E-state index contributed by atoms with van der Waals surface area (Å²) in [5, 5.41) is 11.1. The maximum Gasteiger partial charge on any atom is 0.182 e. The second-order valence-corrected chi connectivity index (χ2v) is 3.67. The van der Waals surface area contributed by atoms with Crippen molar-refractivity contribution in [1.29, 1.82) is 5.26 Å². The maximum absolute atomic E-state index is 8.55. The van der Waals surface area contributed by atoms with Gasteiger partial charge in [-0.2, -0.15) is 5.26 Å². The molecule has 1 aromatic heterocycles. The van der Waals surface area contributed by atoms with Crippen LogP contribution in [0, 0.1) is 18.4 Å². The summed E-state index contributed by atoms with van der Waals surface area (Å²) in [6.07, 6.45) is 4.14. The van der Waals surface area contributed by atoms with E-state index in [0.29, 0.717) is 11.6 Å². The van der Waals surface area contributed by atoms with E-state index < -0.39 is 0 Å². The highest BCUT2D eigenvalue weighted by Crippen LogP contribution is 2.14. The fraction of sp³-hybridized carbons (Fsp3) is 0.545. The molecular weight excluding hydrogens is 202 g/mol. The number of hydrogen-bond donors (Lipinski definition) is 1. The van der Waals surface area contributed by atoms with E-state index in [1.165, 1.54) is 0 Å². The Balaban J connectivity index is 2.83. The zero-order valence-corrected chi connectivity index (χ0v) is 9.99. The summed E-state index contributed by atoms with van der Waals surface area (Å²) in [5.41, 5.74) is 0. The summed E-state index contributed by atoms with van der Waals surface area (Å²) in [5.74, 6) is 2.06. The summed E-state index contributed by atoms with van der Waals surface area (Å²) < 4.78 is 0. The molecule has 0 saturated heterocycles. The number of anilines is 2. The number of rotatable bonds is 5. The standard InChI is InChI=1S/C11H17N5/c1-4-5-6-16(3)11-7-10(13-8-12)14-9(2)15-11/h7H,4-6H2,1-3H3,(H,13,14,15). The molecule has 86 valence electrons. The van der Waals surface area contributed by atoms with Crippen LogP contribution in [0.4, 0.5) is 11.6 Å². The number of nitrogens with zero attached hydrogens (tertiary/aromatic N) is 4. The van der Waals surface area contributed by atoms with Gasteiger partial charge in [0.15, 0.2) is 6.19 Å². The van der Waals surface area contributed by atoms with E-state index in [9.17, 15) is 0 Å². The van der Waals surface area contributed by atoms with Gasteiger partial charge in [-0.05, 0) is 13.3 Å². The predicted molar refractivity (Wildman–Crippen MR) is 64.2 cm³/mol. The molecule has 0 aliphatic rings. The Hall–Kier alpha value is -1.83. The van der Waals surface area contributed by atoms with Crippen LogP contribution in [-0.2, 0) is 0 Å². The van der Waals surface area contributed by atoms with Gasteiger partial charge in [0.05, 0.1) is 0 Å². The minimum Gasteiger partial charge on any atom is -0.360 e. The lowest BCUT2D eigenvalue weighted by atomic mass is 10.3. The molecule has 0 unspecified atom stereocenters. The lowest BCUT2D eigenvalue weighted by molar-refractivity contribution is 0.756. The van der Waals surface area contributed by atoms with Crippen LogP contribution >= 0.6 is 0 Å². The Labute approximate surface area is 96.1 Å². The van der Waals surface area contributed by atoms with Crippen molar-refractivity contribution in [3.8, 4) is 6.19 Å². The van der Waals surface area contributed by atoms with Gasteiger partial charge < -0.3 is 4.90 Å². The van der Waals surface area contributed by atoms with Crippen molar-refractivity contribution < 1.29 is 0 Å². The average molecular weight is 219 g/mol. The van der Waals surface area contributed by atoms with E-state index >= 15 is 0 Å². The van der Waals surface area contributed by atoms with Gasteiger partial charge in [-0.25, -0.2) is 9.97 Å². The lowest BCUT2D eigenvalue weighted by Gasteiger charge is -2.18. The predicted octanol–water partition coefficient (Wildman–Crippen LogP) is 1.91. The quantitative estimate of drug-likeness (QED) is 0.605. The summed E-state index contributed by atoms with van der Waals surface area (Å²) in [6, 6.07) is 1.78. The molecule has 5 nitrogen and oxygen atoms in total. The topological polar surface area (TPSA) is 64.8 Å².